The molecule has 2 saturated heterocycles. The summed E-state index contributed by atoms with van der Waals surface area (Å²) in [5.41, 5.74) is 2.04. The van der Waals surface area contributed by atoms with Gasteiger partial charge >= 0.3 is 6.18 Å². The molecule has 1 atom stereocenters. The van der Waals surface area contributed by atoms with Crippen LogP contribution in [0.1, 0.15) is 45.5 Å². The van der Waals surface area contributed by atoms with Crippen molar-refractivity contribution in [3.05, 3.63) is 137 Å². The minimum absolute atomic E-state index is 0.0420. The Morgan fingerprint density at radius 1 is 0.813 bits per heavy atom. The molecule has 388 valence electrons. The molecular weight excluding hydrogens is 974 g/mol. The van der Waals surface area contributed by atoms with E-state index in [-0.39, 0.29) is 113 Å². The summed E-state index contributed by atoms with van der Waals surface area (Å²) in [6.45, 7) is 2.48. The zero-order chi connectivity index (χ0) is 52.6. The lowest BCUT2D eigenvalue weighted by atomic mass is 9.99. The van der Waals surface area contributed by atoms with E-state index in [2.05, 4.69) is 20.6 Å². The van der Waals surface area contributed by atoms with Gasteiger partial charge in [-0.2, -0.15) is 13.2 Å². The summed E-state index contributed by atoms with van der Waals surface area (Å²) >= 11 is 0. The Labute approximate surface area is 428 Å². The van der Waals surface area contributed by atoms with E-state index < -0.39 is 41.1 Å². The number of amides is 4. The van der Waals surface area contributed by atoms with Crippen LogP contribution in [0, 0.1) is 0 Å². The Hall–Kier alpha value is -8.07. The van der Waals surface area contributed by atoms with Crippen LogP contribution >= 0.6 is 0 Å². The molecule has 17 nitrogen and oxygen atoms in total. The summed E-state index contributed by atoms with van der Waals surface area (Å²) in [7, 11) is 1.46. The van der Waals surface area contributed by atoms with Crippen molar-refractivity contribution in [2.24, 2.45) is 0 Å². The molecule has 5 heterocycles. The number of nitrogens with zero attached hydrogens (tertiary/aromatic N) is 6. The molecule has 0 saturated carbocycles. The van der Waals surface area contributed by atoms with Crippen LogP contribution in [0.5, 0.6) is 0 Å². The van der Waals surface area contributed by atoms with Gasteiger partial charge < -0.3 is 34.2 Å². The van der Waals surface area contributed by atoms with Crippen molar-refractivity contribution in [2.75, 3.05) is 89.6 Å². The van der Waals surface area contributed by atoms with Crippen LogP contribution in [0.15, 0.2) is 114 Å². The molecule has 2 fully saturated rings. The second-order valence-corrected chi connectivity index (χ2v) is 18.1. The lowest BCUT2D eigenvalue weighted by Crippen LogP contribution is -2.53. The minimum Gasteiger partial charge on any atom is -0.382 e. The van der Waals surface area contributed by atoms with Crippen molar-refractivity contribution in [3.8, 4) is 16.8 Å². The number of likely N-dealkylation sites (N-methyl/N-ethyl adjacent to an activating group) is 1. The number of ether oxygens (including phenoxy) is 3. The molecule has 4 aromatic carbocycles. The summed E-state index contributed by atoms with van der Waals surface area (Å²) in [5.74, 6) is -1.67. The number of rotatable bonds is 19. The molecule has 0 spiro atoms. The van der Waals surface area contributed by atoms with Gasteiger partial charge in [-0.1, -0.05) is 24.3 Å². The summed E-state index contributed by atoms with van der Waals surface area (Å²) in [5, 5.41) is 8.48. The van der Waals surface area contributed by atoms with Crippen LogP contribution < -0.4 is 21.1 Å². The Morgan fingerprint density at radius 2 is 1.55 bits per heavy atom. The fourth-order valence-electron chi connectivity index (χ4n) is 9.51. The van der Waals surface area contributed by atoms with Crippen molar-refractivity contribution >= 4 is 73.9 Å². The Kier molecular flexibility index (Phi) is 15.9. The highest BCUT2D eigenvalue weighted by molar-refractivity contribution is 6.08. The monoisotopic (exact) mass is 1030 g/mol. The first kappa shape index (κ1) is 51.8. The van der Waals surface area contributed by atoms with Gasteiger partial charge in [0.15, 0.2) is 6.29 Å². The molecule has 9 rings (SSSR count). The number of aldehydes is 1. The second kappa shape index (κ2) is 23.0. The lowest BCUT2D eigenvalue weighted by Gasteiger charge is -2.37. The number of pyridine rings is 3. The number of piperazine rings is 1. The quantitative estimate of drug-likeness (QED) is 0.0378. The summed E-state index contributed by atoms with van der Waals surface area (Å²) in [6.07, 6.45) is 1.31. The van der Waals surface area contributed by atoms with E-state index in [1.54, 1.807) is 46.6 Å². The minimum atomic E-state index is -4.76. The number of aromatic nitrogens is 3. The van der Waals surface area contributed by atoms with Crippen LogP contribution in [0.2, 0.25) is 0 Å². The molecule has 2 aliphatic heterocycles. The number of alkyl halides is 3. The number of hydrogen-bond donors (Lipinski definition) is 2. The number of halogens is 3. The van der Waals surface area contributed by atoms with Gasteiger partial charge in [-0.15, -0.1) is 0 Å². The zero-order valence-corrected chi connectivity index (χ0v) is 40.9. The average Bonchev–Trinajstić information content (AvgIpc) is 3.43. The highest BCUT2D eigenvalue weighted by atomic mass is 19.4. The summed E-state index contributed by atoms with van der Waals surface area (Å²) in [6, 6.07) is 24.4. The zero-order valence-electron chi connectivity index (χ0n) is 40.9. The van der Waals surface area contributed by atoms with Crippen LogP contribution in [0.3, 0.4) is 0 Å². The second-order valence-electron chi connectivity index (χ2n) is 18.1. The standard InChI is InChI=1S/C55H53F3N8O9/c1-63(48-12-13-49(68)62-53(48)71)54(72)41-3-2-4-45(43(41)34-67)60-18-24-74-26-28-75-27-25-73-23-16-50(69)65-21-19-64(20-22-65)47-11-9-40(31-44(47)55(56,57)58)66-51(70)14-8-38-33-61-46-10-7-37(30-42(46)52(38)66)36-6-5-35-15-17-59-32-39(35)29-36/h2-11,14-15,17,29-34,48,60H,12-13,16,18-28H2,1H3,(H,62,68,71). The number of carbonyl (C=O) groups is 5. The van der Waals surface area contributed by atoms with Crippen molar-refractivity contribution in [1.82, 2.24) is 29.7 Å². The largest absolute Gasteiger partial charge is 0.418 e. The summed E-state index contributed by atoms with van der Waals surface area (Å²) < 4.78 is 63.0. The van der Waals surface area contributed by atoms with Crippen LogP contribution in [0.25, 0.3) is 49.4 Å². The maximum atomic E-state index is 15.0. The predicted molar refractivity (Wildman–Crippen MR) is 275 cm³/mol. The number of anilines is 2. The van der Waals surface area contributed by atoms with Gasteiger partial charge in [0.1, 0.15) is 6.04 Å². The molecule has 1 unspecified atom stereocenters. The smallest absolute Gasteiger partial charge is 0.382 e. The van der Waals surface area contributed by atoms with Gasteiger partial charge in [0.2, 0.25) is 17.7 Å². The highest BCUT2D eigenvalue weighted by Gasteiger charge is 2.37. The van der Waals surface area contributed by atoms with E-state index in [0.29, 0.717) is 40.3 Å². The molecule has 20 heteroatoms. The van der Waals surface area contributed by atoms with Crippen LogP contribution in [0.4, 0.5) is 24.5 Å². The normalized spacial score (nSPS) is 15.1. The third kappa shape index (κ3) is 11.7. The first-order chi connectivity index (χ1) is 36.3. The van der Waals surface area contributed by atoms with E-state index in [9.17, 15) is 41.9 Å². The number of fused-ring (bicyclic) bond motifs is 4. The van der Waals surface area contributed by atoms with Gasteiger partial charge in [0, 0.05) is 98.4 Å². The molecule has 2 aliphatic rings. The molecule has 0 radical (unpaired) electrons. The molecule has 75 heavy (non-hydrogen) atoms. The maximum Gasteiger partial charge on any atom is 0.418 e. The SMILES string of the molecule is CN(C(=O)c1cccc(NCCOCCOCCOCCC(=O)N2CCN(c3ccc(-n4c(=O)ccc5cnc6ccc(-c7ccc8ccncc8c7)cc6c54)cc3C(F)(F)F)CC2)c1C=O)C1CCC(=O)NC1=O. The molecule has 7 aromatic rings. The average molecular weight is 1030 g/mol. The molecule has 0 bridgehead atoms. The van der Waals surface area contributed by atoms with Gasteiger partial charge in [-0.05, 0) is 83.6 Å². The Balaban J connectivity index is 0.722. The van der Waals surface area contributed by atoms with Gasteiger partial charge in [0.25, 0.3) is 11.5 Å². The number of carbonyl (C=O) groups excluding carboxylic acids is 5. The van der Waals surface area contributed by atoms with Crippen molar-refractivity contribution in [3.63, 3.8) is 0 Å². The van der Waals surface area contributed by atoms with Gasteiger partial charge in [0.05, 0.1) is 79.5 Å². The van der Waals surface area contributed by atoms with Crippen LogP contribution in [-0.4, -0.2) is 140 Å². The number of imide groups is 1. The third-order valence-electron chi connectivity index (χ3n) is 13.4. The Bertz CT molecular complexity index is 3360. The topological polar surface area (TPSA) is 195 Å². The first-order valence-corrected chi connectivity index (χ1v) is 24.5. The van der Waals surface area contributed by atoms with Crippen molar-refractivity contribution in [2.45, 2.75) is 31.5 Å². The summed E-state index contributed by atoms with van der Waals surface area (Å²) in [4.78, 5) is 89.2. The van der Waals surface area contributed by atoms with E-state index in [1.165, 1.54) is 40.8 Å². The fraction of sp³-hybridized carbons (Fsp3) is 0.309. The van der Waals surface area contributed by atoms with E-state index in [0.717, 1.165) is 28.0 Å². The fourth-order valence-corrected chi connectivity index (χ4v) is 9.51. The number of hydrogen-bond acceptors (Lipinski definition) is 13. The molecule has 2 N–H and O–H groups in total. The molecular formula is C55H53F3N8O9. The van der Waals surface area contributed by atoms with E-state index in [4.69, 9.17) is 14.2 Å². The maximum absolute atomic E-state index is 15.0. The lowest BCUT2D eigenvalue weighted by molar-refractivity contribution is -0.138. The molecule has 0 aliphatic carbocycles. The van der Waals surface area contributed by atoms with Crippen molar-refractivity contribution in [1.29, 1.82) is 0 Å². The van der Waals surface area contributed by atoms with Gasteiger partial charge in [-0.25, -0.2) is 0 Å². The first-order valence-electron chi connectivity index (χ1n) is 24.5. The van der Waals surface area contributed by atoms with E-state index in [1.807, 2.05) is 42.5 Å². The van der Waals surface area contributed by atoms with E-state index >= 15 is 0 Å². The third-order valence-corrected chi connectivity index (χ3v) is 13.4. The number of benzene rings is 4. The van der Waals surface area contributed by atoms with Crippen molar-refractivity contribution < 1.29 is 51.4 Å². The highest BCUT2D eigenvalue weighted by Crippen LogP contribution is 2.39. The number of piperidine rings is 1. The van der Waals surface area contributed by atoms with Crippen LogP contribution in [-0.2, 0) is 34.8 Å². The number of nitrogens with one attached hydrogen (secondary N) is 2. The Morgan fingerprint density at radius 3 is 2.31 bits per heavy atom. The molecule has 3 aromatic heterocycles. The molecule has 4 amide bonds. The predicted octanol–water partition coefficient (Wildman–Crippen LogP) is 6.66. The van der Waals surface area contributed by atoms with Gasteiger partial charge in [-0.3, -0.25) is 48.6 Å².